The summed E-state index contributed by atoms with van der Waals surface area (Å²) in [6.45, 7) is 0.626. The summed E-state index contributed by atoms with van der Waals surface area (Å²) in [5, 5.41) is 3.94. The zero-order valence-electron chi connectivity index (χ0n) is 9.13. The van der Waals surface area contributed by atoms with Crippen LogP contribution in [0.5, 0.6) is 0 Å². The van der Waals surface area contributed by atoms with Crippen molar-refractivity contribution in [1.29, 1.82) is 0 Å². The predicted molar refractivity (Wildman–Crippen MR) is 63.6 cm³/mol. The van der Waals surface area contributed by atoms with Crippen molar-refractivity contribution in [1.82, 2.24) is 0 Å². The van der Waals surface area contributed by atoms with Crippen molar-refractivity contribution in [2.75, 3.05) is 19.0 Å². The van der Waals surface area contributed by atoms with Crippen LogP contribution >= 0.6 is 11.6 Å². The molecule has 0 aliphatic heterocycles. The Balaban J connectivity index is 1.93. The van der Waals surface area contributed by atoms with E-state index in [1.54, 1.807) is 0 Å². The molecule has 1 aromatic carbocycles. The van der Waals surface area contributed by atoms with Crippen molar-refractivity contribution in [3.8, 4) is 0 Å². The third-order valence-electron chi connectivity index (χ3n) is 2.95. The Bertz CT molecular complexity index is 385. The largest absolute Gasteiger partial charge is 0.469 e. The first-order chi connectivity index (χ1) is 7.66. The minimum absolute atomic E-state index is 0.117. The number of halogens is 1. The molecule has 0 bridgehead atoms. The maximum atomic E-state index is 11.5. The number of carbonyl (C=O) groups is 1. The molecule has 0 amide bonds. The molecule has 0 radical (unpaired) electrons. The van der Waals surface area contributed by atoms with Gasteiger partial charge in [-0.2, -0.15) is 0 Å². The highest BCUT2D eigenvalue weighted by Gasteiger charge is 2.50. The van der Waals surface area contributed by atoms with Gasteiger partial charge in [-0.3, -0.25) is 4.79 Å². The fraction of sp³-hybridized carbons (Fsp3) is 0.417. The van der Waals surface area contributed by atoms with Crippen LogP contribution in [0.2, 0.25) is 5.02 Å². The summed E-state index contributed by atoms with van der Waals surface area (Å²) in [6, 6.07) is 7.44. The van der Waals surface area contributed by atoms with Crippen LogP contribution in [0.1, 0.15) is 12.8 Å². The molecule has 0 aromatic heterocycles. The summed E-state index contributed by atoms with van der Waals surface area (Å²) >= 11 is 5.79. The van der Waals surface area contributed by atoms with Gasteiger partial charge in [0.1, 0.15) is 0 Å². The highest BCUT2D eigenvalue weighted by Crippen LogP contribution is 2.46. The van der Waals surface area contributed by atoms with Crippen LogP contribution in [-0.2, 0) is 9.53 Å². The molecule has 1 aliphatic rings. The quantitative estimate of drug-likeness (QED) is 0.821. The summed E-state index contributed by atoms with van der Waals surface area (Å²) in [6.07, 6.45) is 1.81. The molecule has 0 spiro atoms. The molecule has 0 unspecified atom stereocenters. The summed E-state index contributed by atoms with van der Waals surface area (Å²) in [5.41, 5.74) is 0.675. The van der Waals surface area contributed by atoms with Crippen LogP contribution in [0.4, 0.5) is 5.69 Å². The molecule has 0 heterocycles. The molecule has 0 atom stereocenters. The highest BCUT2D eigenvalue weighted by atomic mass is 35.5. The Labute approximate surface area is 99.7 Å². The van der Waals surface area contributed by atoms with Gasteiger partial charge in [-0.25, -0.2) is 0 Å². The van der Waals surface area contributed by atoms with Gasteiger partial charge in [-0.15, -0.1) is 0 Å². The van der Waals surface area contributed by atoms with Gasteiger partial charge in [0, 0.05) is 17.3 Å². The fourth-order valence-electron chi connectivity index (χ4n) is 1.66. The second-order valence-corrected chi connectivity index (χ2v) is 4.57. The van der Waals surface area contributed by atoms with E-state index in [9.17, 15) is 4.79 Å². The second kappa shape index (κ2) is 4.34. The van der Waals surface area contributed by atoms with Gasteiger partial charge < -0.3 is 10.1 Å². The molecule has 0 saturated heterocycles. The number of methoxy groups -OCH3 is 1. The number of anilines is 1. The Morgan fingerprint density at radius 2 is 2.06 bits per heavy atom. The zero-order valence-corrected chi connectivity index (χ0v) is 9.88. The summed E-state index contributed by atoms with van der Waals surface area (Å²) in [4.78, 5) is 11.5. The molecule has 16 heavy (non-hydrogen) atoms. The number of hydrogen-bond acceptors (Lipinski definition) is 3. The van der Waals surface area contributed by atoms with Gasteiger partial charge in [0.25, 0.3) is 0 Å². The first-order valence-corrected chi connectivity index (χ1v) is 5.62. The lowest BCUT2D eigenvalue weighted by Crippen LogP contribution is -2.25. The van der Waals surface area contributed by atoms with E-state index in [0.29, 0.717) is 11.6 Å². The number of rotatable bonds is 4. The van der Waals surface area contributed by atoms with Crippen molar-refractivity contribution >= 4 is 23.3 Å². The number of hydrogen-bond donors (Lipinski definition) is 1. The minimum Gasteiger partial charge on any atom is -0.469 e. The van der Waals surface area contributed by atoms with E-state index >= 15 is 0 Å². The van der Waals surface area contributed by atoms with Gasteiger partial charge in [-0.05, 0) is 37.1 Å². The van der Waals surface area contributed by atoms with Gasteiger partial charge >= 0.3 is 5.97 Å². The molecule has 1 N–H and O–H groups in total. The van der Waals surface area contributed by atoms with Crippen LogP contribution in [0.15, 0.2) is 24.3 Å². The first-order valence-electron chi connectivity index (χ1n) is 5.24. The van der Waals surface area contributed by atoms with Crippen LogP contribution in [0.25, 0.3) is 0 Å². The Hall–Kier alpha value is -1.22. The van der Waals surface area contributed by atoms with Gasteiger partial charge in [0.15, 0.2) is 0 Å². The van der Waals surface area contributed by atoms with Gasteiger partial charge in [0.2, 0.25) is 0 Å². The van der Waals surface area contributed by atoms with Crippen molar-refractivity contribution in [2.45, 2.75) is 12.8 Å². The van der Waals surface area contributed by atoms with Crippen LogP contribution in [0.3, 0.4) is 0 Å². The van der Waals surface area contributed by atoms with Crippen molar-refractivity contribution in [2.24, 2.45) is 5.41 Å². The molecule has 4 heteroatoms. The minimum atomic E-state index is -0.297. The normalized spacial score (nSPS) is 16.6. The van der Waals surface area contributed by atoms with Crippen molar-refractivity contribution in [3.05, 3.63) is 29.3 Å². The van der Waals surface area contributed by atoms with Crippen LogP contribution < -0.4 is 5.32 Å². The Morgan fingerprint density at radius 1 is 1.44 bits per heavy atom. The van der Waals surface area contributed by atoms with E-state index in [4.69, 9.17) is 16.3 Å². The number of ether oxygens (including phenoxy) is 1. The third kappa shape index (κ3) is 2.30. The van der Waals surface area contributed by atoms with E-state index in [1.807, 2.05) is 24.3 Å². The average Bonchev–Trinajstić information content (AvgIpc) is 3.08. The van der Waals surface area contributed by atoms with Crippen LogP contribution in [0, 0.1) is 5.41 Å². The summed E-state index contributed by atoms with van der Waals surface area (Å²) in [5.74, 6) is -0.117. The molecule has 3 nitrogen and oxygen atoms in total. The highest BCUT2D eigenvalue weighted by molar-refractivity contribution is 6.30. The van der Waals surface area contributed by atoms with Crippen molar-refractivity contribution < 1.29 is 9.53 Å². The topological polar surface area (TPSA) is 38.3 Å². The van der Waals surface area contributed by atoms with E-state index in [1.165, 1.54) is 7.11 Å². The zero-order chi connectivity index (χ0) is 11.6. The van der Waals surface area contributed by atoms with E-state index in [0.717, 1.165) is 18.5 Å². The first kappa shape index (κ1) is 11.3. The van der Waals surface area contributed by atoms with Gasteiger partial charge in [-0.1, -0.05) is 11.6 Å². The standard InChI is InChI=1S/C12H14ClNO2/c1-16-11(15)12(6-7-12)8-14-10-4-2-9(13)3-5-10/h2-5,14H,6-8H2,1H3. The number of benzene rings is 1. The third-order valence-corrected chi connectivity index (χ3v) is 3.20. The lowest BCUT2D eigenvalue weighted by atomic mass is 10.1. The molecule has 2 rings (SSSR count). The van der Waals surface area contributed by atoms with Crippen LogP contribution in [-0.4, -0.2) is 19.6 Å². The molecule has 1 aliphatic carbocycles. The molecule has 1 saturated carbocycles. The van der Waals surface area contributed by atoms with Crippen molar-refractivity contribution in [3.63, 3.8) is 0 Å². The Morgan fingerprint density at radius 3 is 2.56 bits per heavy atom. The maximum absolute atomic E-state index is 11.5. The Kier molecular flexibility index (Phi) is 3.06. The lowest BCUT2D eigenvalue weighted by Gasteiger charge is -2.14. The lowest BCUT2D eigenvalue weighted by molar-refractivity contribution is -0.146. The smallest absolute Gasteiger partial charge is 0.313 e. The predicted octanol–water partition coefficient (Wildman–Crippen LogP) is 2.71. The molecular weight excluding hydrogens is 226 g/mol. The molecule has 1 aromatic rings. The van der Waals surface area contributed by atoms with E-state index in [2.05, 4.69) is 5.32 Å². The summed E-state index contributed by atoms with van der Waals surface area (Å²) < 4.78 is 4.78. The SMILES string of the molecule is COC(=O)C1(CNc2ccc(Cl)cc2)CC1. The average molecular weight is 240 g/mol. The molecule has 1 fully saturated rings. The summed E-state index contributed by atoms with van der Waals surface area (Å²) in [7, 11) is 1.44. The number of esters is 1. The number of carbonyl (C=O) groups excluding carboxylic acids is 1. The monoisotopic (exact) mass is 239 g/mol. The molecule has 86 valence electrons. The fourth-order valence-corrected chi connectivity index (χ4v) is 1.79. The second-order valence-electron chi connectivity index (χ2n) is 4.13. The molecular formula is C12H14ClNO2. The van der Waals surface area contributed by atoms with E-state index in [-0.39, 0.29) is 11.4 Å². The maximum Gasteiger partial charge on any atom is 0.313 e. The number of nitrogens with one attached hydrogen (secondary N) is 1. The van der Waals surface area contributed by atoms with Gasteiger partial charge in [0.05, 0.1) is 12.5 Å². The van der Waals surface area contributed by atoms with E-state index < -0.39 is 0 Å².